The highest BCUT2D eigenvalue weighted by atomic mass is 16.4. The molecule has 6 heavy (non-hydrogen) atoms. The van der Waals surface area contributed by atoms with E-state index in [-0.39, 0.29) is 0 Å². The fraction of sp³-hybridized carbons (Fsp3) is 0. The van der Waals surface area contributed by atoms with Crippen molar-refractivity contribution in [1.29, 1.82) is 0 Å². The van der Waals surface area contributed by atoms with Gasteiger partial charge in [0, 0.05) is 0 Å². The molecule has 0 radical (unpaired) electrons. The van der Waals surface area contributed by atoms with Gasteiger partial charge in [-0.1, -0.05) is 12.1 Å². The summed E-state index contributed by atoms with van der Waals surface area (Å²) >= 11 is 0. The first-order valence-corrected chi connectivity index (χ1v) is 1.93. The first kappa shape index (κ1) is 3.53. The zero-order valence-corrected chi connectivity index (χ0v) is 3.42. The van der Waals surface area contributed by atoms with Crippen molar-refractivity contribution in [3.05, 3.63) is 24.4 Å². The van der Waals surface area contributed by atoms with Crippen LogP contribution in [0.2, 0.25) is 0 Å². The second-order valence-corrected chi connectivity index (χ2v) is 1.09. The van der Waals surface area contributed by atoms with Gasteiger partial charge in [0.05, 0.1) is 6.26 Å². The summed E-state index contributed by atoms with van der Waals surface area (Å²) in [6.45, 7) is 0. The summed E-state index contributed by atoms with van der Waals surface area (Å²) in [4.78, 5) is 0. The minimum atomic E-state index is 0.733. The zero-order valence-electron chi connectivity index (χ0n) is 3.42. The average Bonchev–Trinajstić information content (AvgIpc) is 1.72. The van der Waals surface area contributed by atoms with Crippen molar-refractivity contribution in [1.82, 2.24) is 0 Å². The second kappa shape index (κ2) is 1.70. The predicted octanol–water partition coefficient (Wildman–Crippen LogP) is 0.395. The molecule has 0 spiro atoms. The Morgan fingerprint density at radius 3 is 2.50 bits per heavy atom. The lowest BCUT2D eigenvalue weighted by molar-refractivity contribution is 0.520. The number of allylic oxidation sites excluding steroid dienone is 2. The molecule has 0 aromatic heterocycles. The van der Waals surface area contributed by atoms with Crippen molar-refractivity contribution < 1.29 is 4.65 Å². The molecule has 0 atom stereocenters. The molecule has 30 valence electrons. The second-order valence-electron chi connectivity index (χ2n) is 1.09. The Kier molecular flexibility index (Phi) is 1.00. The van der Waals surface area contributed by atoms with Gasteiger partial charge in [0.1, 0.15) is 0 Å². The molecule has 2 heteroatoms. The quantitative estimate of drug-likeness (QED) is 0.382. The lowest BCUT2D eigenvalue weighted by Crippen LogP contribution is -1.88. The fourth-order valence-corrected chi connectivity index (χ4v) is 0.346. The minimum Gasteiger partial charge on any atom is -0.565 e. The minimum absolute atomic E-state index is 0.733. The Morgan fingerprint density at radius 1 is 1.33 bits per heavy atom. The summed E-state index contributed by atoms with van der Waals surface area (Å²) in [5.41, 5.74) is 0. The van der Waals surface area contributed by atoms with Gasteiger partial charge in [-0.2, -0.15) is 0 Å². The van der Waals surface area contributed by atoms with E-state index in [9.17, 15) is 0 Å². The maximum Gasteiger partial charge on any atom is 0.365 e. The lowest BCUT2D eigenvalue weighted by atomic mass is 10.0. The first-order valence-electron chi connectivity index (χ1n) is 1.93. The molecule has 1 nitrogen and oxygen atoms in total. The molecule has 1 aliphatic heterocycles. The molecule has 0 aromatic carbocycles. The average molecular weight is 79.9 g/mol. The smallest absolute Gasteiger partial charge is 0.365 e. The zero-order chi connectivity index (χ0) is 4.24. The van der Waals surface area contributed by atoms with Crippen molar-refractivity contribution in [2.75, 3.05) is 0 Å². The Hall–Kier alpha value is -0.655. The van der Waals surface area contributed by atoms with Gasteiger partial charge in [-0.05, 0) is 6.08 Å². The van der Waals surface area contributed by atoms with Crippen molar-refractivity contribution in [2.24, 2.45) is 0 Å². The normalized spacial score (nSPS) is 16.0. The molecule has 0 amide bonds. The molecule has 0 unspecified atom stereocenters. The highest BCUT2D eigenvalue weighted by Crippen LogP contribution is 1.84. The van der Waals surface area contributed by atoms with Crippen molar-refractivity contribution in [2.45, 2.75) is 0 Å². The van der Waals surface area contributed by atoms with Crippen LogP contribution in [0.4, 0.5) is 0 Å². The van der Waals surface area contributed by atoms with Crippen molar-refractivity contribution in [3.63, 3.8) is 0 Å². The Morgan fingerprint density at radius 2 is 2.33 bits per heavy atom. The predicted molar refractivity (Wildman–Crippen MR) is 26.5 cm³/mol. The molecular weight excluding hydrogens is 74.9 g/mol. The third-order valence-electron chi connectivity index (χ3n) is 0.614. The van der Waals surface area contributed by atoms with Crippen LogP contribution in [0.5, 0.6) is 0 Å². The van der Waals surface area contributed by atoms with E-state index in [1.54, 1.807) is 6.26 Å². The molecule has 1 heterocycles. The van der Waals surface area contributed by atoms with Crippen molar-refractivity contribution >= 4 is 7.48 Å². The van der Waals surface area contributed by atoms with E-state index in [0.717, 1.165) is 7.48 Å². The van der Waals surface area contributed by atoms with Gasteiger partial charge in [0.25, 0.3) is 0 Å². The molecular formula is C4H5BO. The molecule has 0 fully saturated rings. The van der Waals surface area contributed by atoms with Crippen LogP contribution in [0, 0.1) is 0 Å². The topological polar surface area (TPSA) is 9.23 Å². The largest absolute Gasteiger partial charge is 0.565 e. The molecule has 1 rings (SSSR count). The standard InChI is InChI=1S/C4H5BO/c1-2-4-6-5-3-1/h1-5H. The van der Waals surface area contributed by atoms with E-state index in [2.05, 4.69) is 0 Å². The summed E-state index contributed by atoms with van der Waals surface area (Å²) in [5, 5.41) is 0. The van der Waals surface area contributed by atoms with Gasteiger partial charge < -0.3 is 4.65 Å². The van der Waals surface area contributed by atoms with E-state index in [1.165, 1.54) is 0 Å². The summed E-state index contributed by atoms with van der Waals surface area (Å²) < 4.78 is 4.80. The van der Waals surface area contributed by atoms with Gasteiger partial charge in [0.2, 0.25) is 0 Å². The van der Waals surface area contributed by atoms with Crippen LogP contribution in [0.15, 0.2) is 24.4 Å². The molecule has 0 saturated carbocycles. The van der Waals surface area contributed by atoms with E-state index in [0.29, 0.717) is 0 Å². The molecule has 0 bridgehead atoms. The molecule has 0 aromatic rings. The first-order chi connectivity index (χ1) is 3.00. The van der Waals surface area contributed by atoms with Crippen LogP contribution in [-0.2, 0) is 4.65 Å². The number of hydrogen-bond acceptors (Lipinski definition) is 1. The van der Waals surface area contributed by atoms with Gasteiger partial charge in [-0.15, -0.1) is 0 Å². The van der Waals surface area contributed by atoms with E-state index in [1.807, 2.05) is 18.1 Å². The Labute approximate surface area is 37.6 Å². The van der Waals surface area contributed by atoms with Crippen LogP contribution < -0.4 is 0 Å². The molecule has 0 N–H and O–H groups in total. The fourth-order valence-electron chi connectivity index (χ4n) is 0.346. The number of rotatable bonds is 0. The molecule has 0 saturated heterocycles. The van der Waals surface area contributed by atoms with Crippen LogP contribution >= 0.6 is 0 Å². The summed E-state index contributed by atoms with van der Waals surface area (Å²) in [6, 6.07) is 0. The van der Waals surface area contributed by atoms with E-state index < -0.39 is 0 Å². The lowest BCUT2D eigenvalue weighted by Gasteiger charge is -1.93. The molecule has 1 aliphatic rings. The van der Waals surface area contributed by atoms with Gasteiger partial charge in [0.15, 0.2) is 0 Å². The monoisotopic (exact) mass is 80.0 g/mol. The van der Waals surface area contributed by atoms with Crippen LogP contribution in [0.1, 0.15) is 0 Å². The highest BCUT2D eigenvalue weighted by molar-refractivity contribution is 6.34. The highest BCUT2D eigenvalue weighted by Gasteiger charge is 1.80. The van der Waals surface area contributed by atoms with Crippen molar-refractivity contribution in [3.8, 4) is 0 Å². The summed E-state index contributed by atoms with van der Waals surface area (Å²) in [6.07, 6.45) is 5.51. The van der Waals surface area contributed by atoms with Gasteiger partial charge >= 0.3 is 7.48 Å². The summed E-state index contributed by atoms with van der Waals surface area (Å²) in [7, 11) is 0.733. The van der Waals surface area contributed by atoms with Crippen LogP contribution in [0.25, 0.3) is 0 Å². The maximum atomic E-state index is 4.80. The third kappa shape index (κ3) is 0.644. The van der Waals surface area contributed by atoms with E-state index >= 15 is 0 Å². The summed E-state index contributed by atoms with van der Waals surface area (Å²) in [5.74, 6) is 1.96. The Bertz CT molecular complexity index is 73.5. The molecule has 0 aliphatic carbocycles. The Balaban J connectivity index is 2.46. The van der Waals surface area contributed by atoms with E-state index in [4.69, 9.17) is 4.65 Å². The number of hydrogen-bond donors (Lipinski definition) is 0. The van der Waals surface area contributed by atoms with Crippen LogP contribution in [-0.4, -0.2) is 7.48 Å². The maximum absolute atomic E-state index is 4.80. The third-order valence-corrected chi connectivity index (χ3v) is 0.614. The SMILES string of the molecule is B1C=CC=CO1. The van der Waals surface area contributed by atoms with Crippen LogP contribution in [0.3, 0.4) is 0 Å². The van der Waals surface area contributed by atoms with Gasteiger partial charge in [-0.3, -0.25) is 0 Å². The van der Waals surface area contributed by atoms with Gasteiger partial charge in [-0.25, -0.2) is 0 Å².